The highest BCUT2D eigenvalue weighted by molar-refractivity contribution is 14.1. The third-order valence-electron chi connectivity index (χ3n) is 4.43. The average Bonchev–Trinajstić information content (AvgIpc) is 2.88. The number of carboxylic acid groups (broad SMARTS) is 1. The van der Waals surface area contributed by atoms with Crippen molar-refractivity contribution in [2.75, 3.05) is 117 Å². The molecule has 0 aromatic heterocycles. The molecule has 0 saturated carbocycles. The molecular weight excluding hydrogens is 605 g/mol. The SMILES string of the molecule is O=C(O)COCC(=O)NCCOCCOCCOCCOCCOCCOCCOCCCCCCI. The van der Waals surface area contributed by atoms with Gasteiger partial charge in [-0.15, -0.1) is 0 Å². The van der Waals surface area contributed by atoms with Crippen LogP contribution < -0.4 is 5.32 Å². The quantitative estimate of drug-likeness (QED) is 0.0638. The molecule has 0 unspecified atom stereocenters. The Morgan fingerprint density at radius 3 is 1.35 bits per heavy atom. The third kappa shape index (κ3) is 33.3. The normalized spacial score (nSPS) is 11.2. The van der Waals surface area contributed by atoms with Crippen LogP contribution in [0.25, 0.3) is 0 Å². The number of hydrogen-bond acceptors (Lipinski definition) is 10. The number of halogens is 1. The molecule has 0 aliphatic rings. The number of rotatable bonds is 31. The molecule has 1 amide bonds. The van der Waals surface area contributed by atoms with Crippen molar-refractivity contribution in [3.63, 3.8) is 0 Å². The molecule has 0 spiro atoms. The average molecular weight is 652 g/mol. The maximum atomic E-state index is 11.3. The first-order valence-corrected chi connectivity index (χ1v) is 14.4. The Balaban J connectivity index is 3.08. The van der Waals surface area contributed by atoms with Gasteiger partial charge in [0.05, 0.1) is 85.9 Å². The molecule has 0 aliphatic heterocycles. The van der Waals surface area contributed by atoms with Crippen molar-refractivity contribution in [2.45, 2.75) is 25.7 Å². The molecule has 13 heteroatoms. The smallest absolute Gasteiger partial charge is 0.329 e. The van der Waals surface area contributed by atoms with Gasteiger partial charge < -0.3 is 48.3 Å². The van der Waals surface area contributed by atoms with Gasteiger partial charge >= 0.3 is 5.97 Å². The summed E-state index contributed by atoms with van der Waals surface area (Å²) in [6.45, 7) is 6.70. The fourth-order valence-corrected chi connectivity index (χ4v) is 3.16. The maximum absolute atomic E-state index is 11.3. The van der Waals surface area contributed by atoms with Gasteiger partial charge in [-0.05, 0) is 17.3 Å². The second-order valence-corrected chi connectivity index (χ2v) is 8.71. The lowest BCUT2D eigenvalue weighted by Crippen LogP contribution is -2.31. The van der Waals surface area contributed by atoms with Crippen molar-refractivity contribution < 1.29 is 52.6 Å². The summed E-state index contributed by atoms with van der Waals surface area (Å²) in [4.78, 5) is 21.6. The zero-order valence-electron chi connectivity index (χ0n) is 22.0. The molecule has 0 aromatic rings. The van der Waals surface area contributed by atoms with Crippen molar-refractivity contribution in [2.24, 2.45) is 0 Å². The van der Waals surface area contributed by atoms with E-state index in [-0.39, 0.29) is 12.5 Å². The lowest BCUT2D eigenvalue weighted by molar-refractivity contribution is -0.143. The molecule has 0 rings (SSSR count). The van der Waals surface area contributed by atoms with E-state index in [1.54, 1.807) is 0 Å². The number of carboxylic acids is 1. The molecule has 37 heavy (non-hydrogen) atoms. The molecule has 0 bridgehead atoms. The number of carbonyl (C=O) groups excluding carboxylic acids is 1. The standard InChI is InChI=1S/C24H46INO11/c25-5-3-1-2-4-7-30-9-11-32-13-15-34-17-19-36-20-18-35-16-14-33-12-10-31-8-6-26-23(27)21-37-22-24(28)29/h1-22H2,(H,26,27)(H,28,29). The molecule has 12 nitrogen and oxygen atoms in total. The van der Waals surface area contributed by atoms with Crippen molar-refractivity contribution >= 4 is 34.5 Å². The van der Waals surface area contributed by atoms with Crippen LogP contribution >= 0.6 is 22.6 Å². The van der Waals surface area contributed by atoms with Crippen molar-refractivity contribution in [3.8, 4) is 0 Å². The van der Waals surface area contributed by atoms with E-state index in [1.165, 1.54) is 23.7 Å². The van der Waals surface area contributed by atoms with Crippen LogP contribution in [-0.2, 0) is 47.5 Å². The van der Waals surface area contributed by atoms with E-state index in [2.05, 4.69) is 32.6 Å². The molecule has 0 fully saturated rings. The van der Waals surface area contributed by atoms with Crippen LogP contribution in [0, 0.1) is 0 Å². The number of ether oxygens (including phenoxy) is 8. The minimum atomic E-state index is -1.12. The number of unbranched alkanes of at least 4 members (excludes halogenated alkanes) is 3. The Bertz CT molecular complexity index is 503. The maximum Gasteiger partial charge on any atom is 0.329 e. The van der Waals surface area contributed by atoms with Crippen LogP contribution in [0.2, 0.25) is 0 Å². The molecule has 2 N–H and O–H groups in total. The largest absolute Gasteiger partial charge is 0.480 e. The van der Waals surface area contributed by atoms with Gasteiger partial charge in [-0.25, -0.2) is 4.79 Å². The molecule has 0 heterocycles. The summed E-state index contributed by atoms with van der Waals surface area (Å²) < 4.78 is 43.9. The molecule has 220 valence electrons. The van der Waals surface area contributed by atoms with Gasteiger partial charge in [0, 0.05) is 13.2 Å². The Labute approximate surface area is 234 Å². The molecular formula is C24H46INO11. The van der Waals surface area contributed by atoms with E-state index in [9.17, 15) is 9.59 Å². The minimum Gasteiger partial charge on any atom is -0.480 e. The fraction of sp³-hybridized carbons (Fsp3) is 0.917. The molecule has 0 saturated heterocycles. The third-order valence-corrected chi connectivity index (χ3v) is 5.19. The zero-order chi connectivity index (χ0) is 27.1. The van der Waals surface area contributed by atoms with E-state index in [1.807, 2.05) is 0 Å². The van der Waals surface area contributed by atoms with E-state index >= 15 is 0 Å². The molecule has 0 aliphatic carbocycles. The van der Waals surface area contributed by atoms with E-state index in [0.717, 1.165) is 13.0 Å². The summed E-state index contributed by atoms with van der Waals surface area (Å²) in [7, 11) is 0. The highest BCUT2D eigenvalue weighted by Gasteiger charge is 2.03. The van der Waals surface area contributed by atoms with Crippen LogP contribution in [0.4, 0.5) is 0 Å². The fourth-order valence-electron chi connectivity index (χ4n) is 2.62. The van der Waals surface area contributed by atoms with Crippen LogP contribution in [0.5, 0.6) is 0 Å². The Morgan fingerprint density at radius 2 is 0.919 bits per heavy atom. The van der Waals surface area contributed by atoms with Gasteiger partial charge in [-0.1, -0.05) is 35.4 Å². The predicted octanol–water partition coefficient (Wildman–Crippen LogP) is 1.32. The second kappa shape index (κ2) is 31.6. The number of amides is 1. The summed E-state index contributed by atoms with van der Waals surface area (Å²) in [5.41, 5.74) is 0. The summed E-state index contributed by atoms with van der Waals surface area (Å²) in [5.74, 6) is -1.51. The van der Waals surface area contributed by atoms with E-state index in [0.29, 0.717) is 92.4 Å². The minimum absolute atomic E-state index is 0.292. The second-order valence-electron chi connectivity index (χ2n) is 7.63. The first-order valence-electron chi connectivity index (χ1n) is 12.8. The lowest BCUT2D eigenvalue weighted by atomic mass is 10.2. The number of hydrogen-bond donors (Lipinski definition) is 2. The summed E-state index contributed by atoms with van der Waals surface area (Å²) in [5, 5.41) is 10.9. The van der Waals surface area contributed by atoms with Crippen molar-refractivity contribution in [1.82, 2.24) is 5.32 Å². The molecule has 0 atom stereocenters. The number of aliphatic carboxylic acids is 1. The van der Waals surface area contributed by atoms with Gasteiger partial charge in [0.1, 0.15) is 13.2 Å². The zero-order valence-corrected chi connectivity index (χ0v) is 24.1. The highest BCUT2D eigenvalue weighted by Crippen LogP contribution is 2.02. The predicted molar refractivity (Wildman–Crippen MR) is 145 cm³/mol. The summed E-state index contributed by atoms with van der Waals surface area (Å²) in [6.07, 6.45) is 4.94. The summed E-state index contributed by atoms with van der Waals surface area (Å²) >= 11 is 2.41. The van der Waals surface area contributed by atoms with E-state index < -0.39 is 12.6 Å². The number of alkyl halides is 1. The van der Waals surface area contributed by atoms with Crippen LogP contribution in [-0.4, -0.2) is 134 Å². The van der Waals surface area contributed by atoms with Crippen molar-refractivity contribution in [3.05, 3.63) is 0 Å². The topological polar surface area (TPSA) is 140 Å². The Morgan fingerprint density at radius 1 is 0.514 bits per heavy atom. The van der Waals surface area contributed by atoms with Gasteiger partial charge in [-0.2, -0.15) is 0 Å². The highest BCUT2D eigenvalue weighted by atomic mass is 127. The number of nitrogens with one attached hydrogen (secondary N) is 1. The van der Waals surface area contributed by atoms with Crippen molar-refractivity contribution in [1.29, 1.82) is 0 Å². The van der Waals surface area contributed by atoms with Gasteiger partial charge in [0.2, 0.25) is 5.91 Å². The van der Waals surface area contributed by atoms with Gasteiger partial charge in [-0.3, -0.25) is 4.79 Å². The molecule has 0 aromatic carbocycles. The van der Waals surface area contributed by atoms with Gasteiger partial charge in [0.15, 0.2) is 0 Å². The first kappa shape index (κ1) is 36.4. The molecule has 0 radical (unpaired) electrons. The van der Waals surface area contributed by atoms with Crippen LogP contribution in [0.1, 0.15) is 25.7 Å². The summed E-state index contributed by atoms with van der Waals surface area (Å²) in [6, 6.07) is 0. The Kier molecular flexibility index (Phi) is 31.0. The number of carbonyl (C=O) groups is 2. The van der Waals surface area contributed by atoms with Gasteiger partial charge in [0.25, 0.3) is 0 Å². The van der Waals surface area contributed by atoms with Crippen LogP contribution in [0.15, 0.2) is 0 Å². The van der Waals surface area contributed by atoms with Crippen LogP contribution in [0.3, 0.4) is 0 Å². The Hall–Kier alpha value is -0.650. The first-order chi connectivity index (χ1) is 18.2. The van der Waals surface area contributed by atoms with E-state index in [4.69, 9.17) is 38.3 Å². The monoisotopic (exact) mass is 651 g/mol. The lowest BCUT2D eigenvalue weighted by Gasteiger charge is -2.09.